The molecule has 0 amide bonds. The van der Waals surface area contributed by atoms with Crippen LogP contribution in [0.25, 0.3) is 0 Å². The molecular formula is C18H18N2O. The van der Waals surface area contributed by atoms with Gasteiger partial charge in [0.15, 0.2) is 0 Å². The van der Waals surface area contributed by atoms with Crippen molar-refractivity contribution in [1.29, 1.82) is 5.26 Å². The van der Waals surface area contributed by atoms with Crippen LogP contribution in [0.3, 0.4) is 0 Å². The third kappa shape index (κ3) is 2.71. The zero-order valence-electron chi connectivity index (χ0n) is 12.1. The molecule has 2 aromatic rings. The number of nitriles is 1. The molecule has 0 aromatic heterocycles. The van der Waals surface area contributed by atoms with E-state index in [1.165, 1.54) is 5.56 Å². The van der Waals surface area contributed by atoms with Crippen molar-refractivity contribution >= 4 is 5.69 Å². The van der Waals surface area contributed by atoms with Crippen LogP contribution in [0.5, 0.6) is 5.75 Å². The van der Waals surface area contributed by atoms with E-state index in [1.54, 1.807) is 0 Å². The second-order valence-corrected chi connectivity index (χ2v) is 5.34. The number of benzene rings is 2. The molecule has 0 bridgehead atoms. The predicted octanol–water partition coefficient (Wildman–Crippen LogP) is 4.19. The molecular weight excluding hydrogens is 260 g/mol. The summed E-state index contributed by atoms with van der Waals surface area (Å²) in [5, 5.41) is 12.7. The van der Waals surface area contributed by atoms with E-state index in [4.69, 9.17) is 4.74 Å². The second-order valence-electron chi connectivity index (χ2n) is 5.34. The van der Waals surface area contributed by atoms with Crippen molar-refractivity contribution in [3.05, 3.63) is 59.2 Å². The second kappa shape index (κ2) is 5.88. The lowest BCUT2D eigenvalue weighted by atomic mass is 9.99. The monoisotopic (exact) mass is 278 g/mol. The van der Waals surface area contributed by atoms with Gasteiger partial charge >= 0.3 is 0 Å². The number of nitrogens with one attached hydrogen (secondary N) is 1. The van der Waals surface area contributed by atoms with Crippen LogP contribution in [0.2, 0.25) is 0 Å². The molecule has 0 spiro atoms. The highest BCUT2D eigenvalue weighted by Crippen LogP contribution is 2.36. The van der Waals surface area contributed by atoms with Gasteiger partial charge in [0, 0.05) is 5.56 Å². The molecule has 1 aliphatic heterocycles. The number of hydrogen-bond donors (Lipinski definition) is 1. The summed E-state index contributed by atoms with van der Waals surface area (Å²) in [4.78, 5) is 0. The molecule has 0 saturated heterocycles. The largest absolute Gasteiger partial charge is 0.493 e. The van der Waals surface area contributed by atoms with Gasteiger partial charge in [-0.15, -0.1) is 0 Å². The van der Waals surface area contributed by atoms with E-state index in [2.05, 4.69) is 36.5 Å². The zero-order chi connectivity index (χ0) is 14.7. The first-order valence-electron chi connectivity index (χ1n) is 7.27. The normalized spacial score (nSPS) is 17.0. The number of anilines is 1. The van der Waals surface area contributed by atoms with Gasteiger partial charge in [0.25, 0.3) is 0 Å². The van der Waals surface area contributed by atoms with E-state index < -0.39 is 0 Å². The molecule has 1 atom stereocenters. The first-order chi connectivity index (χ1) is 10.3. The minimum absolute atomic E-state index is 0.178. The summed E-state index contributed by atoms with van der Waals surface area (Å²) >= 11 is 0. The summed E-state index contributed by atoms with van der Waals surface area (Å²) in [5.41, 5.74) is 3.91. The third-order valence-electron chi connectivity index (χ3n) is 3.88. The number of para-hydroxylation sites is 2. The highest BCUT2D eigenvalue weighted by molar-refractivity contribution is 5.59. The van der Waals surface area contributed by atoms with Gasteiger partial charge in [-0.2, -0.15) is 5.26 Å². The number of rotatable bonds is 2. The summed E-state index contributed by atoms with van der Waals surface area (Å²) in [6.45, 7) is 2.82. The lowest BCUT2D eigenvalue weighted by Gasteiger charge is -2.21. The molecule has 0 saturated carbocycles. The third-order valence-corrected chi connectivity index (χ3v) is 3.88. The summed E-state index contributed by atoms with van der Waals surface area (Å²) in [6.07, 6.45) is 2.00. The molecule has 1 heterocycles. The smallest absolute Gasteiger partial charge is 0.127 e. The maximum Gasteiger partial charge on any atom is 0.127 e. The molecule has 2 aromatic carbocycles. The number of fused-ring (bicyclic) bond motifs is 1. The zero-order valence-corrected chi connectivity index (χ0v) is 12.1. The molecule has 1 unspecified atom stereocenters. The van der Waals surface area contributed by atoms with Crippen molar-refractivity contribution in [1.82, 2.24) is 0 Å². The average Bonchev–Trinajstić information content (AvgIpc) is 2.72. The molecule has 3 heteroatoms. The van der Waals surface area contributed by atoms with Crippen molar-refractivity contribution in [3.8, 4) is 11.8 Å². The van der Waals surface area contributed by atoms with Gasteiger partial charge in [0.05, 0.1) is 23.9 Å². The Labute approximate surface area is 125 Å². The van der Waals surface area contributed by atoms with Crippen molar-refractivity contribution in [2.75, 3.05) is 11.9 Å². The summed E-state index contributed by atoms with van der Waals surface area (Å²) in [5.74, 6) is 0.988. The minimum atomic E-state index is 0.178. The fourth-order valence-corrected chi connectivity index (χ4v) is 2.81. The van der Waals surface area contributed by atoms with Crippen LogP contribution < -0.4 is 10.1 Å². The van der Waals surface area contributed by atoms with Crippen molar-refractivity contribution in [3.63, 3.8) is 0 Å². The fraction of sp³-hybridized carbons (Fsp3) is 0.278. The number of ether oxygens (including phenoxy) is 1. The Hall–Kier alpha value is -2.47. The lowest BCUT2D eigenvalue weighted by molar-refractivity contribution is 0.314. The number of nitrogens with zero attached hydrogens (tertiary/aromatic N) is 1. The van der Waals surface area contributed by atoms with E-state index in [-0.39, 0.29) is 6.04 Å². The van der Waals surface area contributed by atoms with Crippen LogP contribution >= 0.6 is 0 Å². The molecule has 106 valence electrons. The maximum atomic E-state index is 9.23. The molecule has 21 heavy (non-hydrogen) atoms. The highest BCUT2D eigenvalue weighted by Gasteiger charge is 2.21. The molecule has 1 aliphatic rings. The molecule has 0 aliphatic carbocycles. The summed E-state index contributed by atoms with van der Waals surface area (Å²) in [6, 6.07) is 16.3. The van der Waals surface area contributed by atoms with E-state index in [9.17, 15) is 5.26 Å². The Bertz CT molecular complexity index is 688. The molecule has 0 radical (unpaired) electrons. The average molecular weight is 278 g/mol. The van der Waals surface area contributed by atoms with Crippen LogP contribution in [0.15, 0.2) is 42.5 Å². The lowest BCUT2D eigenvalue weighted by Crippen LogP contribution is -2.11. The Balaban J connectivity index is 1.97. The molecule has 3 rings (SSSR count). The maximum absolute atomic E-state index is 9.23. The topological polar surface area (TPSA) is 45.0 Å². The minimum Gasteiger partial charge on any atom is -0.493 e. The van der Waals surface area contributed by atoms with Gasteiger partial charge in [-0.3, -0.25) is 0 Å². The van der Waals surface area contributed by atoms with Crippen LogP contribution in [0, 0.1) is 18.3 Å². The predicted molar refractivity (Wildman–Crippen MR) is 83.4 cm³/mol. The van der Waals surface area contributed by atoms with Crippen molar-refractivity contribution in [2.45, 2.75) is 25.8 Å². The van der Waals surface area contributed by atoms with Gasteiger partial charge in [-0.25, -0.2) is 0 Å². The Morgan fingerprint density at radius 2 is 2.05 bits per heavy atom. The van der Waals surface area contributed by atoms with Crippen molar-refractivity contribution in [2.24, 2.45) is 0 Å². The van der Waals surface area contributed by atoms with E-state index in [1.807, 2.05) is 24.3 Å². The van der Waals surface area contributed by atoms with Crippen molar-refractivity contribution < 1.29 is 4.74 Å². The van der Waals surface area contributed by atoms with Crippen LogP contribution in [0.4, 0.5) is 5.69 Å². The molecule has 1 N–H and O–H groups in total. The van der Waals surface area contributed by atoms with Crippen LogP contribution in [-0.2, 0) is 0 Å². The highest BCUT2D eigenvalue weighted by atomic mass is 16.5. The first kappa shape index (κ1) is 13.5. The quantitative estimate of drug-likeness (QED) is 0.895. The molecule has 0 fully saturated rings. The van der Waals surface area contributed by atoms with Crippen LogP contribution in [0.1, 0.15) is 35.6 Å². The Morgan fingerprint density at radius 1 is 1.19 bits per heavy atom. The van der Waals surface area contributed by atoms with Gasteiger partial charge in [-0.05, 0) is 37.5 Å². The van der Waals surface area contributed by atoms with Gasteiger partial charge < -0.3 is 10.1 Å². The number of aryl methyl sites for hydroxylation is 1. The Morgan fingerprint density at radius 3 is 2.90 bits per heavy atom. The van der Waals surface area contributed by atoms with E-state index in [0.29, 0.717) is 5.56 Å². The standard InChI is InChI=1S/C18H18N2O/c1-13-6-4-8-15-17(10-5-11-21-18(13)15)20-16-9-3-2-7-14(16)12-19/h2-4,6-9,17,20H,5,10-11H2,1H3. The fourth-order valence-electron chi connectivity index (χ4n) is 2.81. The molecule has 3 nitrogen and oxygen atoms in total. The van der Waals surface area contributed by atoms with Gasteiger partial charge in [-0.1, -0.05) is 30.3 Å². The van der Waals surface area contributed by atoms with Crippen LogP contribution in [-0.4, -0.2) is 6.61 Å². The summed E-state index contributed by atoms with van der Waals surface area (Å²) < 4.78 is 5.90. The Kier molecular flexibility index (Phi) is 3.79. The SMILES string of the molecule is Cc1cccc2c1OCCCC2Nc1ccccc1C#N. The van der Waals surface area contributed by atoms with E-state index in [0.717, 1.165) is 36.4 Å². The van der Waals surface area contributed by atoms with E-state index >= 15 is 0 Å². The summed E-state index contributed by atoms with van der Waals surface area (Å²) in [7, 11) is 0. The first-order valence-corrected chi connectivity index (χ1v) is 7.27. The van der Waals surface area contributed by atoms with Gasteiger partial charge in [0.2, 0.25) is 0 Å². The van der Waals surface area contributed by atoms with Gasteiger partial charge in [0.1, 0.15) is 11.8 Å². The number of hydrogen-bond acceptors (Lipinski definition) is 3.